The van der Waals surface area contributed by atoms with Crippen molar-refractivity contribution in [3.05, 3.63) is 22.4 Å². The van der Waals surface area contributed by atoms with E-state index in [1.165, 1.54) is 11.3 Å². The third kappa shape index (κ3) is 2.08. The van der Waals surface area contributed by atoms with E-state index in [0.717, 1.165) is 6.54 Å². The molecule has 0 fully saturated rings. The van der Waals surface area contributed by atoms with Crippen molar-refractivity contribution in [2.24, 2.45) is 11.7 Å². The van der Waals surface area contributed by atoms with Crippen LogP contribution in [0.15, 0.2) is 17.5 Å². The normalized spacial score (nSPS) is 15.9. The molecule has 2 unspecified atom stereocenters. The van der Waals surface area contributed by atoms with E-state index in [2.05, 4.69) is 31.4 Å². The zero-order chi connectivity index (χ0) is 8.97. The Bertz CT molecular complexity index is 206. The summed E-state index contributed by atoms with van der Waals surface area (Å²) in [7, 11) is 0. The fourth-order valence-electron chi connectivity index (χ4n) is 1.42. The first-order chi connectivity index (χ1) is 5.79. The summed E-state index contributed by atoms with van der Waals surface area (Å²) < 4.78 is 0. The quantitative estimate of drug-likeness (QED) is 0.763. The van der Waals surface area contributed by atoms with Gasteiger partial charge in [0.05, 0.1) is 0 Å². The summed E-state index contributed by atoms with van der Waals surface area (Å²) >= 11 is 1.82. The van der Waals surface area contributed by atoms with E-state index in [1.807, 2.05) is 11.3 Å². The summed E-state index contributed by atoms with van der Waals surface area (Å²) in [6.45, 7) is 5.27. The second-order valence-electron chi connectivity index (χ2n) is 3.24. The minimum Gasteiger partial charge on any atom is -0.330 e. The van der Waals surface area contributed by atoms with Crippen LogP contribution in [-0.4, -0.2) is 6.54 Å². The van der Waals surface area contributed by atoms with E-state index >= 15 is 0 Å². The van der Waals surface area contributed by atoms with Crippen LogP contribution in [0.3, 0.4) is 0 Å². The summed E-state index contributed by atoms with van der Waals surface area (Å²) in [5, 5.41) is 2.13. The van der Waals surface area contributed by atoms with Crippen LogP contribution < -0.4 is 5.73 Å². The lowest BCUT2D eigenvalue weighted by Gasteiger charge is -2.19. The Morgan fingerprint density at radius 3 is 2.75 bits per heavy atom. The standard InChI is InChI=1S/C10H17NS/c1-3-8(2)9(7-11)10-5-4-6-12-10/h4-6,8-9H,3,7,11H2,1-2H3. The molecular formula is C10H17NS. The molecule has 0 aliphatic carbocycles. The monoisotopic (exact) mass is 183 g/mol. The van der Waals surface area contributed by atoms with Crippen molar-refractivity contribution in [3.63, 3.8) is 0 Å². The highest BCUT2D eigenvalue weighted by molar-refractivity contribution is 7.10. The van der Waals surface area contributed by atoms with Crippen molar-refractivity contribution < 1.29 is 0 Å². The number of hydrogen-bond donors (Lipinski definition) is 1. The maximum atomic E-state index is 5.75. The zero-order valence-electron chi connectivity index (χ0n) is 7.79. The molecule has 0 aromatic carbocycles. The fourth-order valence-corrected chi connectivity index (χ4v) is 2.39. The van der Waals surface area contributed by atoms with Crippen molar-refractivity contribution in [1.82, 2.24) is 0 Å². The Balaban J connectivity index is 2.69. The summed E-state index contributed by atoms with van der Waals surface area (Å²) in [5.74, 6) is 1.27. The molecule has 1 rings (SSSR count). The molecule has 0 spiro atoms. The van der Waals surface area contributed by atoms with E-state index in [9.17, 15) is 0 Å². The van der Waals surface area contributed by atoms with Gasteiger partial charge in [0.25, 0.3) is 0 Å². The SMILES string of the molecule is CCC(C)C(CN)c1cccs1. The van der Waals surface area contributed by atoms with Gasteiger partial charge in [0.2, 0.25) is 0 Å². The van der Waals surface area contributed by atoms with Gasteiger partial charge < -0.3 is 5.73 Å². The molecule has 0 amide bonds. The second-order valence-corrected chi connectivity index (χ2v) is 4.22. The van der Waals surface area contributed by atoms with Gasteiger partial charge >= 0.3 is 0 Å². The minimum absolute atomic E-state index is 0.565. The molecule has 2 heteroatoms. The van der Waals surface area contributed by atoms with E-state index in [0.29, 0.717) is 11.8 Å². The van der Waals surface area contributed by atoms with Gasteiger partial charge in [-0.05, 0) is 17.4 Å². The van der Waals surface area contributed by atoms with Crippen molar-refractivity contribution in [3.8, 4) is 0 Å². The maximum absolute atomic E-state index is 5.75. The minimum atomic E-state index is 0.565. The molecule has 0 aliphatic rings. The molecular weight excluding hydrogens is 166 g/mol. The summed E-state index contributed by atoms with van der Waals surface area (Å²) in [4.78, 5) is 1.44. The second kappa shape index (κ2) is 4.63. The lowest BCUT2D eigenvalue weighted by molar-refractivity contribution is 0.457. The van der Waals surface area contributed by atoms with E-state index in [4.69, 9.17) is 5.73 Å². The highest BCUT2D eigenvalue weighted by Crippen LogP contribution is 2.28. The zero-order valence-corrected chi connectivity index (χ0v) is 8.60. The lowest BCUT2D eigenvalue weighted by Crippen LogP contribution is -2.18. The molecule has 0 radical (unpaired) electrons. The molecule has 1 nitrogen and oxygen atoms in total. The topological polar surface area (TPSA) is 26.0 Å². The number of thiophene rings is 1. The molecule has 1 aromatic heterocycles. The van der Waals surface area contributed by atoms with Crippen LogP contribution in [0, 0.1) is 5.92 Å². The molecule has 1 aromatic rings. The van der Waals surface area contributed by atoms with Crippen molar-refractivity contribution >= 4 is 11.3 Å². The molecule has 12 heavy (non-hydrogen) atoms. The Kier molecular flexibility index (Phi) is 3.76. The summed E-state index contributed by atoms with van der Waals surface area (Å²) in [5.41, 5.74) is 5.75. The Morgan fingerprint density at radius 2 is 2.33 bits per heavy atom. The Hall–Kier alpha value is -0.340. The number of nitrogens with two attached hydrogens (primary N) is 1. The third-order valence-electron chi connectivity index (χ3n) is 2.49. The molecule has 1 heterocycles. The third-order valence-corrected chi connectivity index (χ3v) is 3.50. The summed E-state index contributed by atoms with van der Waals surface area (Å²) in [6, 6.07) is 4.29. The van der Waals surface area contributed by atoms with Gasteiger partial charge in [-0.2, -0.15) is 0 Å². The average Bonchev–Trinajstić information content (AvgIpc) is 2.58. The molecule has 0 aliphatic heterocycles. The van der Waals surface area contributed by atoms with Gasteiger partial charge in [0.15, 0.2) is 0 Å². The van der Waals surface area contributed by atoms with Crippen LogP contribution in [0.2, 0.25) is 0 Å². The number of rotatable bonds is 4. The van der Waals surface area contributed by atoms with E-state index in [-0.39, 0.29) is 0 Å². The van der Waals surface area contributed by atoms with Crippen LogP contribution in [-0.2, 0) is 0 Å². The highest BCUT2D eigenvalue weighted by atomic mass is 32.1. The molecule has 68 valence electrons. The first-order valence-electron chi connectivity index (χ1n) is 4.53. The van der Waals surface area contributed by atoms with E-state index in [1.54, 1.807) is 0 Å². The van der Waals surface area contributed by atoms with Gasteiger partial charge in [0, 0.05) is 17.3 Å². The lowest BCUT2D eigenvalue weighted by atomic mass is 9.91. The van der Waals surface area contributed by atoms with Gasteiger partial charge in [-0.3, -0.25) is 0 Å². The van der Waals surface area contributed by atoms with Crippen LogP contribution in [0.5, 0.6) is 0 Å². The first kappa shape index (κ1) is 9.75. The van der Waals surface area contributed by atoms with E-state index < -0.39 is 0 Å². The molecule has 0 saturated heterocycles. The van der Waals surface area contributed by atoms with Crippen molar-refractivity contribution in [1.29, 1.82) is 0 Å². The van der Waals surface area contributed by atoms with Crippen LogP contribution >= 0.6 is 11.3 Å². The van der Waals surface area contributed by atoms with Crippen molar-refractivity contribution in [2.45, 2.75) is 26.2 Å². The van der Waals surface area contributed by atoms with Gasteiger partial charge in [-0.25, -0.2) is 0 Å². The molecule has 0 bridgehead atoms. The number of hydrogen-bond acceptors (Lipinski definition) is 2. The summed E-state index contributed by atoms with van der Waals surface area (Å²) in [6.07, 6.45) is 1.21. The highest BCUT2D eigenvalue weighted by Gasteiger charge is 2.16. The van der Waals surface area contributed by atoms with Gasteiger partial charge in [-0.1, -0.05) is 26.3 Å². The average molecular weight is 183 g/mol. The largest absolute Gasteiger partial charge is 0.330 e. The first-order valence-corrected chi connectivity index (χ1v) is 5.41. The van der Waals surface area contributed by atoms with Crippen LogP contribution in [0.4, 0.5) is 0 Å². The Labute approximate surface area is 78.6 Å². The smallest absolute Gasteiger partial charge is 0.00914 e. The predicted octanol–water partition coefficient (Wildman–Crippen LogP) is 2.84. The molecule has 2 atom stereocenters. The molecule has 0 saturated carbocycles. The maximum Gasteiger partial charge on any atom is 0.00914 e. The predicted molar refractivity (Wildman–Crippen MR) is 55.6 cm³/mol. The molecule has 2 N–H and O–H groups in total. The fraction of sp³-hybridized carbons (Fsp3) is 0.600. The van der Waals surface area contributed by atoms with Gasteiger partial charge in [0.1, 0.15) is 0 Å². The van der Waals surface area contributed by atoms with Gasteiger partial charge in [-0.15, -0.1) is 11.3 Å². The van der Waals surface area contributed by atoms with Crippen LogP contribution in [0.1, 0.15) is 31.1 Å². The Morgan fingerprint density at radius 1 is 1.58 bits per heavy atom. The van der Waals surface area contributed by atoms with Crippen LogP contribution in [0.25, 0.3) is 0 Å². The van der Waals surface area contributed by atoms with Crippen molar-refractivity contribution in [2.75, 3.05) is 6.54 Å².